The monoisotopic (exact) mass is 291 g/mol. The summed E-state index contributed by atoms with van der Waals surface area (Å²) in [5.41, 5.74) is 10.2. The van der Waals surface area contributed by atoms with Crippen molar-refractivity contribution in [2.24, 2.45) is 5.73 Å². The molecule has 0 spiro atoms. The van der Waals surface area contributed by atoms with Gasteiger partial charge in [-0.15, -0.1) is 0 Å². The van der Waals surface area contributed by atoms with E-state index in [4.69, 9.17) is 10.2 Å². The highest BCUT2D eigenvalue weighted by molar-refractivity contribution is 9.10. The Kier molecular flexibility index (Phi) is 2.81. The third kappa shape index (κ3) is 1.94. The number of halogens is 1. The van der Waals surface area contributed by atoms with Gasteiger partial charge < -0.3 is 10.2 Å². The van der Waals surface area contributed by atoms with Gasteiger partial charge in [0.05, 0.1) is 6.26 Å². The number of rotatable bonds is 3. The van der Waals surface area contributed by atoms with Gasteiger partial charge in [0.25, 0.3) is 0 Å². The van der Waals surface area contributed by atoms with Crippen LogP contribution in [0.4, 0.5) is 0 Å². The first-order valence-corrected chi connectivity index (χ1v) is 6.61. The molecule has 2 aromatic rings. The molecule has 17 heavy (non-hydrogen) atoms. The van der Waals surface area contributed by atoms with E-state index < -0.39 is 0 Å². The minimum Gasteiger partial charge on any atom is -0.457 e. The molecule has 0 saturated heterocycles. The van der Waals surface area contributed by atoms with Gasteiger partial charge >= 0.3 is 0 Å². The first-order valence-electron chi connectivity index (χ1n) is 5.82. The van der Waals surface area contributed by atoms with Gasteiger partial charge in [0.15, 0.2) is 4.67 Å². The van der Waals surface area contributed by atoms with E-state index in [1.54, 1.807) is 6.26 Å². The SMILES string of the molecule is NC(CC1Cc2ccccc21)c1ccoc1Br. The summed E-state index contributed by atoms with van der Waals surface area (Å²) in [4.78, 5) is 0. The van der Waals surface area contributed by atoms with Gasteiger partial charge in [-0.3, -0.25) is 0 Å². The summed E-state index contributed by atoms with van der Waals surface area (Å²) in [6.45, 7) is 0. The average molecular weight is 292 g/mol. The maximum Gasteiger partial charge on any atom is 0.173 e. The first-order chi connectivity index (χ1) is 8.25. The quantitative estimate of drug-likeness (QED) is 0.935. The van der Waals surface area contributed by atoms with Crippen LogP contribution in [-0.4, -0.2) is 0 Å². The van der Waals surface area contributed by atoms with E-state index in [1.807, 2.05) is 6.07 Å². The topological polar surface area (TPSA) is 39.2 Å². The molecule has 2 atom stereocenters. The van der Waals surface area contributed by atoms with Gasteiger partial charge in [0.2, 0.25) is 0 Å². The standard InChI is InChI=1S/C14H14BrNO/c15-14-12(5-6-17-14)13(16)8-10-7-9-3-1-2-4-11(9)10/h1-6,10,13H,7-8,16H2. The second-order valence-electron chi connectivity index (χ2n) is 4.59. The Labute approximate surface area is 109 Å². The smallest absolute Gasteiger partial charge is 0.173 e. The highest BCUT2D eigenvalue weighted by Crippen LogP contribution is 2.41. The van der Waals surface area contributed by atoms with Crippen molar-refractivity contribution < 1.29 is 4.42 Å². The molecule has 0 amide bonds. The van der Waals surface area contributed by atoms with Crippen molar-refractivity contribution in [1.82, 2.24) is 0 Å². The molecule has 2 N–H and O–H groups in total. The van der Waals surface area contributed by atoms with E-state index in [2.05, 4.69) is 40.2 Å². The van der Waals surface area contributed by atoms with Gasteiger partial charge in [-0.1, -0.05) is 24.3 Å². The Bertz CT molecular complexity index is 535. The van der Waals surface area contributed by atoms with Crippen LogP contribution in [0.1, 0.15) is 35.1 Å². The van der Waals surface area contributed by atoms with Crippen molar-refractivity contribution in [3.8, 4) is 0 Å². The lowest BCUT2D eigenvalue weighted by Gasteiger charge is -2.31. The summed E-state index contributed by atoms with van der Waals surface area (Å²) in [5.74, 6) is 0.600. The molecule has 2 nitrogen and oxygen atoms in total. The van der Waals surface area contributed by atoms with Crippen LogP contribution in [0.5, 0.6) is 0 Å². The molecule has 88 valence electrons. The molecule has 0 bridgehead atoms. The molecule has 3 rings (SSSR count). The number of benzene rings is 1. The lowest BCUT2D eigenvalue weighted by Crippen LogP contribution is -2.22. The second-order valence-corrected chi connectivity index (χ2v) is 5.31. The molecular formula is C14H14BrNO. The zero-order chi connectivity index (χ0) is 11.8. The normalized spacial score (nSPS) is 19.5. The van der Waals surface area contributed by atoms with E-state index in [1.165, 1.54) is 11.1 Å². The van der Waals surface area contributed by atoms with Gasteiger partial charge in [-0.05, 0) is 51.9 Å². The van der Waals surface area contributed by atoms with Crippen molar-refractivity contribution >= 4 is 15.9 Å². The molecule has 1 aliphatic rings. The largest absolute Gasteiger partial charge is 0.457 e. The Hall–Kier alpha value is -1.06. The average Bonchev–Trinajstić information content (AvgIpc) is 2.72. The molecule has 1 aliphatic carbocycles. The molecular weight excluding hydrogens is 278 g/mol. The van der Waals surface area contributed by atoms with Crippen molar-refractivity contribution in [3.05, 3.63) is 58.0 Å². The molecule has 0 fully saturated rings. The maximum absolute atomic E-state index is 6.22. The van der Waals surface area contributed by atoms with Crippen LogP contribution in [0.2, 0.25) is 0 Å². The third-order valence-electron chi connectivity index (χ3n) is 3.55. The van der Waals surface area contributed by atoms with Crippen LogP contribution >= 0.6 is 15.9 Å². The highest BCUT2D eigenvalue weighted by Gasteiger charge is 2.28. The number of furan rings is 1. The van der Waals surface area contributed by atoms with E-state index in [0.29, 0.717) is 5.92 Å². The zero-order valence-electron chi connectivity index (χ0n) is 9.40. The van der Waals surface area contributed by atoms with E-state index in [-0.39, 0.29) is 6.04 Å². The predicted molar refractivity (Wildman–Crippen MR) is 70.8 cm³/mol. The Balaban J connectivity index is 1.72. The summed E-state index contributed by atoms with van der Waals surface area (Å²) in [6.07, 6.45) is 3.81. The summed E-state index contributed by atoms with van der Waals surface area (Å²) in [6, 6.07) is 10.6. The second kappa shape index (κ2) is 4.31. The Morgan fingerprint density at radius 3 is 2.88 bits per heavy atom. The summed E-state index contributed by atoms with van der Waals surface area (Å²) < 4.78 is 5.99. The van der Waals surface area contributed by atoms with Gasteiger partial charge in [-0.25, -0.2) is 0 Å². The predicted octanol–water partition coefficient (Wildman–Crippen LogP) is 3.77. The lowest BCUT2D eigenvalue weighted by atomic mass is 9.74. The summed E-state index contributed by atoms with van der Waals surface area (Å²) >= 11 is 3.38. The number of hydrogen-bond acceptors (Lipinski definition) is 2. The fourth-order valence-corrected chi connectivity index (χ4v) is 3.11. The van der Waals surface area contributed by atoms with Gasteiger partial charge in [0, 0.05) is 11.6 Å². The van der Waals surface area contributed by atoms with Crippen molar-refractivity contribution in [2.45, 2.75) is 24.8 Å². The minimum atomic E-state index is 0.0430. The highest BCUT2D eigenvalue weighted by atomic mass is 79.9. The number of fused-ring (bicyclic) bond motifs is 1. The van der Waals surface area contributed by atoms with Crippen molar-refractivity contribution in [2.75, 3.05) is 0 Å². The van der Waals surface area contributed by atoms with Gasteiger partial charge in [-0.2, -0.15) is 0 Å². The van der Waals surface area contributed by atoms with Crippen LogP contribution in [-0.2, 0) is 6.42 Å². The third-order valence-corrected chi connectivity index (χ3v) is 4.19. The van der Waals surface area contributed by atoms with Crippen LogP contribution in [0.15, 0.2) is 45.7 Å². The number of nitrogens with two attached hydrogens (primary N) is 1. The molecule has 0 aliphatic heterocycles. The fraction of sp³-hybridized carbons (Fsp3) is 0.286. The van der Waals surface area contributed by atoms with E-state index in [0.717, 1.165) is 23.1 Å². The van der Waals surface area contributed by atoms with E-state index >= 15 is 0 Å². The van der Waals surface area contributed by atoms with Crippen LogP contribution in [0.25, 0.3) is 0 Å². The van der Waals surface area contributed by atoms with Crippen molar-refractivity contribution in [3.63, 3.8) is 0 Å². The zero-order valence-corrected chi connectivity index (χ0v) is 11.0. The van der Waals surface area contributed by atoms with Crippen LogP contribution in [0, 0.1) is 0 Å². The fourth-order valence-electron chi connectivity index (χ4n) is 2.58. The first kappa shape index (κ1) is 11.1. The molecule has 2 unspecified atom stereocenters. The number of hydrogen-bond donors (Lipinski definition) is 1. The van der Waals surface area contributed by atoms with E-state index in [9.17, 15) is 0 Å². The molecule has 1 aromatic carbocycles. The molecule has 0 radical (unpaired) electrons. The van der Waals surface area contributed by atoms with Crippen LogP contribution < -0.4 is 5.73 Å². The molecule has 1 aromatic heterocycles. The van der Waals surface area contributed by atoms with Crippen molar-refractivity contribution in [1.29, 1.82) is 0 Å². The molecule has 3 heteroatoms. The lowest BCUT2D eigenvalue weighted by molar-refractivity contribution is 0.484. The van der Waals surface area contributed by atoms with Gasteiger partial charge in [0.1, 0.15) is 0 Å². The Morgan fingerprint density at radius 2 is 2.18 bits per heavy atom. The molecule has 0 saturated carbocycles. The Morgan fingerprint density at radius 1 is 1.35 bits per heavy atom. The summed E-state index contributed by atoms with van der Waals surface area (Å²) in [5, 5.41) is 0. The maximum atomic E-state index is 6.22. The summed E-state index contributed by atoms with van der Waals surface area (Å²) in [7, 11) is 0. The van der Waals surface area contributed by atoms with Crippen LogP contribution in [0.3, 0.4) is 0 Å². The minimum absolute atomic E-state index is 0.0430. The molecule has 1 heterocycles.